The highest BCUT2D eigenvalue weighted by Crippen LogP contribution is 2.23. The molecule has 0 spiro atoms. The number of nitrogens with zero attached hydrogens (tertiary/aromatic N) is 1. The monoisotopic (exact) mass is 308 g/mol. The molecule has 0 aliphatic carbocycles. The molecule has 0 fully saturated rings. The average molecular weight is 309 g/mol. The number of anilines is 1. The Morgan fingerprint density at radius 3 is 2.67 bits per heavy atom. The van der Waals surface area contributed by atoms with Crippen LogP contribution in [0.2, 0.25) is 0 Å². The number of rotatable bonds is 4. The Bertz CT molecular complexity index is 526. The zero-order valence-corrected chi connectivity index (χ0v) is 11.7. The van der Waals surface area contributed by atoms with E-state index in [1.165, 1.54) is 12.1 Å². The van der Waals surface area contributed by atoms with Gasteiger partial charge in [-0.2, -0.15) is 0 Å². The first-order valence-corrected chi connectivity index (χ1v) is 6.55. The Morgan fingerprint density at radius 1 is 1.22 bits per heavy atom. The molecular weight excluding hydrogens is 295 g/mol. The predicted molar refractivity (Wildman–Crippen MR) is 75.3 cm³/mol. The molecule has 1 heterocycles. The van der Waals surface area contributed by atoms with Gasteiger partial charge in [0.2, 0.25) is 0 Å². The Labute approximate surface area is 114 Å². The molecule has 0 amide bonds. The van der Waals surface area contributed by atoms with E-state index in [4.69, 9.17) is 0 Å². The minimum absolute atomic E-state index is 0.199. The van der Waals surface area contributed by atoms with Gasteiger partial charge in [0.05, 0.1) is 4.47 Å². The second-order valence-corrected chi connectivity index (χ2v) is 4.89. The summed E-state index contributed by atoms with van der Waals surface area (Å²) in [6, 6.07) is 8.52. The third-order valence-corrected chi connectivity index (χ3v) is 3.70. The van der Waals surface area contributed by atoms with Gasteiger partial charge < -0.3 is 5.32 Å². The van der Waals surface area contributed by atoms with Gasteiger partial charge in [0.15, 0.2) is 0 Å². The third-order valence-electron chi connectivity index (χ3n) is 2.70. The van der Waals surface area contributed by atoms with Crippen LogP contribution in [0.5, 0.6) is 0 Å². The number of benzene rings is 1. The fraction of sp³-hybridized carbons (Fsp3) is 0.214. The van der Waals surface area contributed by atoms with Gasteiger partial charge in [0.25, 0.3) is 0 Å². The Hall–Kier alpha value is -1.42. The number of pyridine rings is 1. The summed E-state index contributed by atoms with van der Waals surface area (Å²) in [7, 11) is 0. The minimum Gasteiger partial charge on any atom is -0.369 e. The molecule has 18 heavy (non-hydrogen) atoms. The lowest BCUT2D eigenvalue weighted by Gasteiger charge is -2.09. The quantitative estimate of drug-likeness (QED) is 0.925. The van der Waals surface area contributed by atoms with Crippen LogP contribution in [0.1, 0.15) is 11.1 Å². The van der Waals surface area contributed by atoms with Crippen molar-refractivity contribution in [1.29, 1.82) is 0 Å². The van der Waals surface area contributed by atoms with Crippen LogP contribution in [0.25, 0.3) is 0 Å². The van der Waals surface area contributed by atoms with E-state index < -0.39 is 0 Å². The maximum absolute atomic E-state index is 12.7. The standard InChI is InChI=1S/C14H14BrFN2/c1-10-6-8-17-14(13(10)15)18-9-7-11-2-4-12(16)5-3-11/h2-6,8H,7,9H2,1H3,(H,17,18). The number of nitrogens with one attached hydrogen (secondary N) is 1. The summed E-state index contributed by atoms with van der Waals surface area (Å²) in [4.78, 5) is 4.27. The molecule has 4 heteroatoms. The van der Waals surface area contributed by atoms with E-state index in [1.54, 1.807) is 18.3 Å². The van der Waals surface area contributed by atoms with Crippen molar-refractivity contribution in [2.75, 3.05) is 11.9 Å². The largest absolute Gasteiger partial charge is 0.369 e. The van der Waals surface area contributed by atoms with Crippen LogP contribution in [-0.4, -0.2) is 11.5 Å². The maximum Gasteiger partial charge on any atom is 0.140 e. The highest BCUT2D eigenvalue weighted by atomic mass is 79.9. The molecule has 0 saturated heterocycles. The zero-order valence-electron chi connectivity index (χ0n) is 10.1. The second-order valence-electron chi connectivity index (χ2n) is 4.09. The smallest absolute Gasteiger partial charge is 0.140 e. The maximum atomic E-state index is 12.7. The lowest BCUT2D eigenvalue weighted by molar-refractivity contribution is 0.627. The van der Waals surface area contributed by atoms with Crippen LogP contribution in [0.15, 0.2) is 41.0 Å². The highest BCUT2D eigenvalue weighted by molar-refractivity contribution is 9.10. The molecule has 94 valence electrons. The molecule has 1 aromatic heterocycles. The van der Waals surface area contributed by atoms with Crippen LogP contribution < -0.4 is 5.32 Å². The van der Waals surface area contributed by atoms with Gasteiger partial charge in [0.1, 0.15) is 11.6 Å². The van der Waals surface area contributed by atoms with Crippen molar-refractivity contribution in [3.63, 3.8) is 0 Å². The number of hydrogen-bond donors (Lipinski definition) is 1. The van der Waals surface area contributed by atoms with Crippen LogP contribution >= 0.6 is 15.9 Å². The van der Waals surface area contributed by atoms with Crippen LogP contribution in [0.4, 0.5) is 10.2 Å². The summed E-state index contributed by atoms with van der Waals surface area (Å²) in [5, 5.41) is 3.27. The molecule has 0 atom stereocenters. The second kappa shape index (κ2) is 5.96. The predicted octanol–water partition coefficient (Wildman–Crippen LogP) is 3.95. The summed E-state index contributed by atoms with van der Waals surface area (Å²) in [5.41, 5.74) is 2.25. The van der Waals surface area contributed by atoms with Crippen LogP contribution in [-0.2, 0) is 6.42 Å². The number of hydrogen-bond acceptors (Lipinski definition) is 2. The Morgan fingerprint density at radius 2 is 1.94 bits per heavy atom. The van der Waals surface area contributed by atoms with Crippen molar-refractivity contribution < 1.29 is 4.39 Å². The van der Waals surface area contributed by atoms with Gasteiger partial charge in [-0.3, -0.25) is 0 Å². The lowest BCUT2D eigenvalue weighted by Crippen LogP contribution is -2.07. The molecule has 0 aliphatic rings. The molecule has 1 aromatic carbocycles. The molecule has 0 radical (unpaired) electrons. The van der Waals surface area contributed by atoms with Gasteiger partial charge >= 0.3 is 0 Å². The molecule has 2 rings (SSSR count). The summed E-state index contributed by atoms with van der Waals surface area (Å²) < 4.78 is 13.7. The van der Waals surface area contributed by atoms with Crippen molar-refractivity contribution in [3.05, 3.63) is 57.9 Å². The molecule has 0 unspecified atom stereocenters. The average Bonchev–Trinajstić information content (AvgIpc) is 2.37. The summed E-state index contributed by atoms with van der Waals surface area (Å²) in [5.74, 6) is 0.645. The van der Waals surface area contributed by atoms with Crippen molar-refractivity contribution in [1.82, 2.24) is 4.98 Å². The van der Waals surface area contributed by atoms with E-state index in [9.17, 15) is 4.39 Å². The zero-order chi connectivity index (χ0) is 13.0. The molecule has 2 nitrogen and oxygen atoms in total. The molecule has 0 aliphatic heterocycles. The van der Waals surface area contributed by atoms with E-state index in [0.29, 0.717) is 0 Å². The van der Waals surface area contributed by atoms with E-state index >= 15 is 0 Å². The summed E-state index contributed by atoms with van der Waals surface area (Å²) in [6.07, 6.45) is 2.61. The highest BCUT2D eigenvalue weighted by Gasteiger charge is 2.03. The van der Waals surface area contributed by atoms with E-state index in [-0.39, 0.29) is 5.82 Å². The van der Waals surface area contributed by atoms with Crippen LogP contribution in [0.3, 0.4) is 0 Å². The molecule has 0 bridgehead atoms. The van der Waals surface area contributed by atoms with Crippen molar-refractivity contribution in [2.45, 2.75) is 13.3 Å². The number of halogens is 2. The number of aryl methyl sites for hydroxylation is 1. The summed E-state index contributed by atoms with van der Waals surface area (Å²) in [6.45, 7) is 2.79. The molecular formula is C14H14BrFN2. The van der Waals surface area contributed by atoms with E-state index in [2.05, 4.69) is 26.2 Å². The van der Waals surface area contributed by atoms with Gasteiger partial charge in [-0.15, -0.1) is 0 Å². The van der Waals surface area contributed by atoms with Gasteiger partial charge in [-0.1, -0.05) is 12.1 Å². The first-order chi connectivity index (χ1) is 8.66. The van der Waals surface area contributed by atoms with Crippen molar-refractivity contribution >= 4 is 21.7 Å². The molecule has 2 aromatic rings. The fourth-order valence-corrected chi connectivity index (χ4v) is 2.01. The Kier molecular flexibility index (Phi) is 4.31. The number of aromatic nitrogens is 1. The Balaban J connectivity index is 1.92. The van der Waals surface area contributed by atoms with Gasteiger partial charge in [-0.05, 0) is 58.6 Å². The van der Waals surface area contributed by atoms with Gasteiger partial charge in [0, 0.05) is 12.7 Å². The van der Waals surface area contributed by atoms with Crippen molar-refractivity contribution in [2.24, 2.45) is 0 Å². The molecule has 1 N–H and O–H groups in total. The minimum atomic E-state index is -0.199. The summed E-state index contributed by atoms with van der Waals surface area (Å²) >= 11 is 3.50. The lowest BCUT2D eigenvalue weighted by atomic mass is 10.1. The first kappa shape index (κ1) is 13.0. The fourth-order valence-electron chi connectivity index (χ4n) is 1.64. The SMILES string of the molecule is Cc1ccnc(NCCc2ccc(F)cc2)c1Br. The van der Waals surface area contributed by atoms with Crippen LogP contribution in [0, 0.1) is 12.7 Å². The van der Waals surface area contributed by atoms with Crippen molar-refractivity contribution in [3.8, 4) is 0 Å². The van der Waals surface area contributed by atoms with Gasteiger partial charge in [-0.25, -0.2) is 9.37 Å². The normalized spacial score (nSPS) is 10.4. The van der Waals surface area contributed by atoms with E-state index in [0.717, 1.165) is 34.4 Å². The van der Waals surface area contributed by atoms with E-state index in [1.807, 2.05) is 13.0 Å². The molecule has 0 saturated carbocycles. The topological polar surface area (TPSA) is 24.9 Å². The third kappa shape index (κ3) is 3.29. The first-order valence-electron chi connectivity index (χ1n) is 5.76.